The molecule has 0 atom stereocenters. The lowest BCUT2D eigenvalue weighted by Gasteiger charge is -2.03. The number of nitrogens with zero attached hydrogens (tertiary/aromatic N) is 1. The number of hydrazine groups is 1. The van der Waals surface area contributed by atoms with E-state index in [1.54, 1.807) is 0 Å². The summed E-state index contributed by atoms with van der Waals surface area (Å²) in [6, 6.07) is 8.13. The second-order valence-corrected chi connectivity index (χ2v) is 2.88. The lowest BCUT2D eigenvalue weighted by molar-refractivity contribution is 0.967. The molecule has 13 heavy (non-hydrogen) atoms. The molecule has 0 saturated carbocycles. The van der Waals surface area contributed by atoms with E-state index in [4.69, 9.17) is 11.7 Å². The second-order valence-electron chi connectivity index (χ2n) is 2.88. The molecule has 70 valence electrons. The molecule has 1 aromatic rings. The summed E-state index contributed by atoms with van der Waals surface area (Å²) >= 11 is 0. The fraction of sp³-hybridized carbons (Fsp3) is 0.222. The van der Waals surface area contributed by atoms with Gasteiger partial charge < -0.3 is 11.3 Å². The van der Waals surface area contributed by atoms with Crippen LogP contribution in [0.1, 0.15) is 11.1 Å². The number of benzene rings is 1. The van der Waals surface area contributed by atoms with Crippen LogP contribution in [0.5, 0.6) is 0 Å². The van der Waals surface area contributed by atoms with E-state index in [-0.39, 0.29) is 0 Å². The third-order valence-electron chi connectivity index (χ3n) is 1.81. The predicted octanol–water partition coefficient (Wildman–Crippen LogP) is 0.273. The van der Waals surface area contributed by atoms with Crippen LogP contribution in [0.2, 0.25) is 0 Å². The van der Waals surface area contributed by atoms with Crippen molar-refractivity contribution < 1.29 is 0 Å². The van der Waals surface area contributed by atoms with Gasteiger partial charge in [0.25, 0.3) is 0 Å². The minimum atomic E-state index is 0.573. The Kier molecular flexibility index (Phi) is 3.28. The van der Waals surface area contributed by atoms with Gasteiger partial charge >= 0.3 is 0 Å². The summed E-state index contributed by atoms with van der Waals surface area (Å²) in [5, 5.41) is 3.50. The van der Waals surface area contributed by atoms with Crippen molar-refractivity contribution in [2.45, 2.75) is 13.3 Å². The summed E-state index contributed by atoms with van der Waals surface area (Å²) < 4.78 is 0. The molecule has 5 N–H and O–H groups in total. The molecule has 0 amide bonds. The van der Waals surface area contributed by atoms with E-state index in [0.29, 0.717) is 12.3 Å². The Balaban J connectivity index is 2.69. The van der Waals surface area contributed by atoms with Gasteiger partial charge in [0.15, 0.2) is 0 Å². The van der Waals surface area contributed by atoms with Gasteiger partial charge in [-0.15, -0.1) is 0 Å². The zero-order chi connectivity index (χ0) is 9.68. The average molecular weight is 178 g/mol. The molecule has 0 unspecified atom stereocenters. The topological polar surface area (TPSA) is 76.4 Å². The number of rotatable bonds is 2. The molecule has 0 aliphatic heterocycles. The van der Waals surface area contributed by atoms with Crippen molar-refractivity contribution in [1.82, 2.24) is 5.43 Å². The van der Waals surface area contributed by atoms with Gasteiger partial charge in [-0.3, -0.25) is 0 Å². The first-order valence-corrected chi connectivity index (χ1v) is 4.05. The highest BCUT2D eigenvalue weighted by molar-refractivity contribution is 5.83. The molecule has 0 bridgehead atoms. The number of nitrogens with one attached hydrogen (secondary N) is 1. The number of hydrazone groups is 1. The van der Waals surface area contributed by atoms with Gasteiger partial charge in [0, 0.05) is 6.42 Å². The largest absolute Gasteiger partial charge is 0.322 e. The van der Waals surface area contributed by atoms with Crippen LogP contribution in [0.15, 0.2) is 29.4 Å². The van der Waals surface area contributed by atoms with Crippen molar-refractivity contribution in [2.75, 3.05) is 0 Å². The second kappa shape index (κ2) is 4.47. The number of hydrogen-bond donors (Lipinski definition) is 3. The Morgan fingerprint density at radius 1 is 1.38 bits per heavy atom. The molecule has 0 aliphatic carbocycles. The van der Waals surface area contributed by atoms with Crippen LogP contribution >= 0.6 is 0 Å². The van der Waals surface area contributed by atoms with Crippen LogP contribution in [-0.4, -0.2) is 5.84 Å². The first-order valence-electron chi connectivity index (χ1n) is 4.05. The van der Waals surface area contributed by atoms with Gasteiger partial charge in [-0.2, -0.15) is 5.10 Å². The highest BCUT2D eigenvalue weighted by Crippen LogP contribution is 2.03. The van der Waals surface area contributed by atoms with E-state index in [2.05, 4.69) is 10.5 Å². The standard InChI is InChI=1S/C9H14N4/c1-7-2-4-8(5-3-7)6-9(12-10)13-11/h2-5H,6,10-11H2,1H3,(H,12,13). The molecular formula is C9H14N4. The molecule has 0 heterocycles. The van der Waals surface area contributed by atoms with Gasteiger partial charge in [0.2, 0.25) is 0 Å². The molecule has 1 rings (SSSR count). The first kappa shape index (κ1) is 9.54. The summed E-state index contributed by atoms with van der Waals surface area (Å²) in [6.07, 6.45) is 0.632. The molecular weight excluding hydrogens is 164 g/mol. The Labute approximate surface area is 77.6 Å². The van der Waals surface area contributed by atoms with Crippen molar-refractivity contribution in [2.24, 2.45) is 16.8 Å². The number of amidine groups is 1. The van der Waals surface area contributed by atoms with Crippen LogP contribution in [0.4, 0.5) is 0 Å². The minimum Gasteiger partial charge on any atom is -0.322 e. The van der Waals surface area contributed by atoms with Crippen molar-refractivity contribution in [1.29, 1.82) is 0 Å². The molecule has 4 heteroatoms. The van der Waals surface area contributed by atoms with Crippen LogP contribution in [0, 0.1) is 6.92 Å². The van der Waals surface area contributed by atoms with Gasteiger partial charge in [-0.1, -0.05) is 29.8 Å². The number of hydrogen-bond acceptors (Lipinski definition) is 3. The Hall–Kier alpha value is -1.55. The maximum absolute atomic E-state index is 5.20. The van der Waals surface area contributed by atoms with E-state index < -0.39 is 0 Å². The van der Waals surface area contributed by atoms with E-state index in [0.717, 1.165) is 5.56 Å². The van der Waals surface area contributed by atoms with Crippen molar-refractivity contribution in [3.8, 4) is 0 Å². The lowest BCUT2D eigenvalue weighted by atomic mass is 10.1. The summed E-state index contributed by atoms with van der Waals surface area (Å²) in [7, 11) is 0. The third-order valence-corrected chi connectivity index (χ3v) is 1.81. The summed E-state index contributed by atoms with van der Waals surface area (Å²) in [4.78, 5) is 0. The highest BCUT2D eigenvalue weighted by Gasteiger charge is 1.97. The molecule has 0 aliphatic rings. The lowest BCUT2D eigenvalue weighted by Crippen LogP contribution is -2.32. The monoisotopic (exact) mass is 178 g/mol. The molecule has 0 saturated heterocycles. The first-order chi connectivity index (χ1) is 6.26. The van der Waals surface area contributed by atoms with Crippen molar-refractivity contribution in [3.63, 3.8) is 0 Å². The molecule has 0 radical (unpaired) electrons. The maximum atomic E-state index is 5.20. The molecule has 0 aromatic heterocycles. The van der Waals surface area contributed by atoms with Crippen LogP contribution in [0.3, 0.4) is 0 Å². The zero-order valence-electron chi connectivity index (χ0n) is 7.62. The van der Waals surface area contributed by atoms with Crippen molar-refractivity contribution in [3.05, 3.63) is 35.4 Å². The van der Waals surface area contributed by atoms with Gasteiger partial charge in [-0.25, -0.2) is 5.84 Å². The van der Waals surface area contributed by atoms with Gasteiger partial charge in [-0.05, 0) is 12.5 Å². The zero-order valence-corrected chi connectivity index (χ0v) is 7.62. The highest BCUT2D eigenvalue weighted by atomic mass is 15.3. The molecule has 1 aromatic carbocycles. The number of nitrogens with two attached hydrogens (primary N) is 2. The SMILES string of the molecule is Cc1ccc(C/C(=N/N)NN)cc1. The van der Waals surface area contributed by atoms with E-state index in [9.17, 15) is 0 Å². The fourth-order valence-electron chi connectivity index (χ4n) is 1.03. The normalized spacial score (nSPS) is 11.4. The minimum absolute atomic E-state index is 0.573. The van der Waals surface area contributed by atoms with Gasteiger partial charge in [0.05, 0.1) is 0 Å². The van der Waals surface area contributed by atoms with Gasteiger partial charge in [0.1, 0.15) is 5.84 Å². The summed E-state index contributed by atoms with van der Waals surface area (Å²) in [5.41, 5.74) is 4.80. The van der Waals surface area contributed by atoms with Crippen LogP contribution < -0.4 is 17.1 Å². The van der Waals surface area contributed by atoms with E-state index in [1.165, 1.54) is 5.56 Å². The smallest absolute Gasteiger partial charge is 0.140 e. The molecule has 4 nitrogen and oxygen atoms in total. The van der Waals surface area contributed by atoms with Crippen molar-refractivity contribution >= 4 is 5.84 Å². The summed E-state index contributed by atoms with van der Waals surface area (Å²) in [5.74, 6) is 10.9. The Morgan fingerprint density at radius 2 is 2.00 bits per heavy atom. The summed E-state index contributed by atoms with van der Waals surface area (Å²) in [6.45, 7) is 2.04. The quantitative estimate of drug-likeness (QED) is 0.263. The van der Waals surface area contributed by atoms with Crippen LogP contribution in [-0.2, 0) is 6.42 Å². The van der Waals surface area contributed by atoms with E-state index in [1.807, 2.05) is 31.2 Å². The molecule has 0 spiro atoms. The third kappa shape index (κ3) is 2.76. The van der Waals surface area contributed by atoms with E-state index >= 15 is 0 Å². The average Bonchev–Trinajstić information content (AvgIpc) is 2.17. The number of aryl methyl sites for hydroxylation is 1. The molecule has 0 fully saturated rings. The predicted molar refractivity (Wildman–Crippen MR) is 53.8 cm³/mol. The Morgan fingerprint density at radius 3 is 2.46 bits per heavy atom. The maximum Gasteiger partial charge on any atom is 0.140 e. The fourth-order valence-corrected chi connectivity index (χ4v) is 1.03. The van der Waals surface area contributed by atoms with Crippen LogP contribution in [0.25, 0.3) is 0 Å². The Bertz CT molecular complexity index is 289.